The first kappa shape index (κ1) is 19.8. The summed E-state index contributed by atoms with van der Waals surface area (Å²) in [6.07, 6.45) is 1.71. The fourth-order valence-electron chi connectivity index (χ4n) is 3.61. The number of amides is 1. The van der Waals surface area contributed by atoms with Gasteiger partial charge in [-0.25, -0.2) is 0 Å². The number of amidine groups is 1. The molecule has 0 aromatic heterocycles. The highest BCUT2D eigenvalue weighted by atomic mass is 32.2. The van der Waals surface area contributed by atoms with E-state index in [1.165, 1.54) is 5.56 Å². The molecular weight excluding hydrogens is 384 g/mol. The van der Waals surface area contributed by atoms with Crippen LogP contribution in [0.25, 0.3) is 0 Å². The minimum atomic E-state index is -0.240. The van der Waals surface area contributed by atoms with Gasteiger partial charge < -0.3 is 9.47 Å². The van der Waals surface area contributed by atoms with Gasteiger partial charge in [0, 0.05) is 30.8 Å². The fourth-order valence-corrected chi connectivity index (χ4v) is 4.60. The lowest BCUT2D eigenvalue weighted by Gasteiger charge is -2.19. The summed E-state index contributed by atoms with van der Waals surface area (Å²) in [5.74, 6) is 2.20. The third-order valence-corrected chi connectivity index (χ3v) is 5.97. The van der Waals surface area contributed by atoms with Crippen molar-refractivity contribution in [1.82, 2.24) is 4.90 Å². The second kappa shape index (κ2) is 8.49. The summed E-state index contributed by atoms with van der Waals surface area (Å²) in [4.78, 5) is 19.2. The smallest absolute Gasteiger partial charge is 0.266 e. The molecule has 6 heteroatoms. The Hall–Kier alpha value is -2.47. The van der Waals surface area contributed by atoms with Crippen molar-refractivity contribution in [3.05, 3.63) is 59.7 Å². The summed E-state index contributed by atoms with van der Waals surface area (Å²) >= 11 is 1.63. The zero-order valence-corrected chi connectivity index (χ0v) is 17.7. The first-order valence-electron chi connectivity index (χ1n) is 9.97. The number of carbonyl (C=O) groups is 1. The lowest BCUT2D eigenvalue weighted by molar-refractivity contribution is -0.129. The molecule has 4 rings (SSSR count). The maximum Gasteiger partial charge on any atom is 0.266 e. The Morgan fingerprint density at radius 2 is 2.03 bits per heavy atom. The molecule has 0 aliphatic carbocycles. The van der Waals surface area contributed by atoms with E-state index in [1.54, 1.807) is 16.7 Å². The second-order valence-electron chi connectivity index (χ2n) is 7.87. The van der Waals surface area contributed by atoms with Crippen LogP contribution in [0.3, 0.4) is 0 Å². The minimum Gasteiger partial charge on any atom is -0.483 e. The third kappa shape index (κ3) is 4.75. The number of carbonyl (C=O) groups excluding carboxylic acids is 1. The molecular formula is C23H26N2O3S. The van der Waals surface area contributed by atoms with Gasteiger partial charge in [0.05, 0.1) is 0 Å². The summed E-state index contributed by atoms with van der Waals surface area (Å²) in [5, 5.41) is 0.796. The highest BCUT2D eigenvalue weighted by Gasteiger charge is 2.33. The lowest BCUT2D eigenvalue weighted by atomic mass is 10.0. The Bertz CT molecular complexity index is 912. The predicted molar refractivity (Wildman–Crippen MR) is 117 cm³/mol. The molecule has 29 heavy (non-hydrogen) atoms. The monoisotopic (exact) mass is 410 g/mol. The van der Waals surface area contributed by atoms with Crippen LogP contribution in [-0.2, 0) is 17.6 Å². The average Bonchev–Trinajstić information content (AvgIpc) is 3.29. The molecule has 0 radical (unpaired) electrons. The molecule has 2 aromatic carbocycles. The zero-order valence-electron chi connectivity index (χ0n) is 16.9. The van der Waals surface area contributed by atoms with Gasteiger partial charge >= 0.3 is 0 Å². The number of aliphatic imine (C=N–C) groups is 1. The number of hydrogen-bond acceptors (Lipinski definition) is 5. The van der Waals surface area contributed by atoms with E-state index in [0.717, 1.165) is 35.1 Å². The van der Waals surface area contributed by atoms with Gasteiger partial charge in [0.15, 0.2) is 23.3 Å². The van der Waals surface area contributed by atoms with Crippen molar-refractivity contribution in [2.45, 2.75) is 32.3 Å². The summed E-state index contributed by atoms with van der Waals surface area (Å²) in [6.45, 7) is 5.45. The quantitative estimate of drug-likeness (QED) is 0.724. The Kier molecular flexibility index (Phi) is 5.81. The molecule has 0 N–H and O–H groups in total. The number of benzene rings is 2. The summed E-state index contributed by atoms with van der Waals surface area (Å²) in [5.41, 5.74) is 2.14. The van der Waals surface area contributed by atoms with Crippen molar-refractivity contribution >= 4 is 22.8 Å². The third-order valence-electron chi connectivity index (χ3n) is 4.97. The van der Waals surface area contributed by atoms with Gasteiger partial charge in [0.1, 0.15) is 5.60 Å². The van der Waals surface area contributed by atoms with Gasteiger partial charge in [-0.05, 0) is 31.9 Å². The molecule has 2 heterocycles. The molecule has 5 nitrogen and oxygen atoms in total. The van der Waals surface area contributed by atoms with Gasteiger partial charge in [-0.1, -0.05) is 54.2 Å². The Labute approximate surface area is 176 Å². The van der Waals surface area contributed by atoms with Gasteiger partial charge in [-0.2, -0.15) is 0 Å². The molecule has 0 atom stereocenters. The average molecular weight is 411 g/mol. The number of para-hydroxylation sites is 1. The van der Waals surface area contributed by atoms with E-state index in [9.17, 15) is 4.79 Å². The van der Waals surface area contributed by atoms with Crippen LogP contribution in [0.2, 0.25) is 0 Å². The van der Waals surface area contributed by atoms with Crippen molar-refractivity contribution in [2.24, 2.45) is 4.99 Å². The van der Waals surface area contributed by atoms with E-state index in [1.807, 2.05) is 36.4 Å². The maximum atomic E-state index is 12.8. The molecule has 0 spiro atoms. The van der Waals surface area contributed by atoms with E-state index in [-0.39, 0.29) is 18.1 Å². The number of rotatable bonds is 6. The molecule has 1 fully saturated rings. The topological polar surface area (TPSA) is 51.1 Å². The molecule has 0 saturated carbocycles. The van der Waals surface area contributed by atoms with E-state index < -0.39 is 0 Å². The van der Waals surface area contributed by atoms with E-state index in [4.69, 9.17) is 9.47 Å². The molecule has 2 aliphatic rings. The first-order chi connectivity index (χ1) is 14.0. The largest absolute Gasteiger partial charge is 0.483 e. The van der Waals surface area contributed by atoms with Crippen LogP contribution in [0.1, 0.15) is 25.0 Å². The van der Waals surface area contributed by atoms with Crippen LogP contribution in [0.4, 0.5) is 0 Å². The number of ether oxygens (including phenoxy) is 2. The lowest BCUT2D eigenvalue weighted by Crippen LogP contribution is -2.35. The van der Waals surface area contributed by atoms with Crippen molar-refractivity contribution in [1.29, 1.82) is 0 Å². The summed E-state index contributed by atoms with van der Waals surface area (Å²) in [7, 11) is 0. The second-order valence-corrected chi connectivity index (χ2v) is 8.93. The van der Waals surface area contributed by atoms with Crippen molar-refractivity contribution < 1.29 is 14.3 Å². The van der Waals surface area contributed by atoms with E-state index >= 15 is 0 Å². The Morgan fingerprint density at radius 3 is 2.86 bits per heavy atom. The standard InChI is InChI=1S/C23H26N2O3S/c1-23(2)15-18-9-6-10-19(21(18)28-23)27-16-20(26)25-13-14-29-22(25)24-12-11-17-7-4-3-5-8-17/h3-10H,11-16H2,1-2H3. The molecule has 0 bridgehead atoms. The minimum absolute atomic E-state index is 0.0154. The maximum absolute atomic E-state index is 12.8. The molecule has 152 valence electrons. The number of nitrogens with zero attached hydrogens (tertiary/aromatic N) is 2. The van der Waals surface area contributed by atoms with Crippen molar-refractivity contribution in [3.63, 3.8) is 0 Å². The highest BCUT2D eigenvalue weighted by Crippen LogP contribution is 2.41. The van der Waals surface area contributed by atoms with Gasteiger partial charge in [-0.3, -0.25) is 14.7 Å². The molecule has 1 amide bonds. The molecule has 2 aromatic rings. The zero-order chi connectivity index (χ0) is 20.3. The SMILES string of the molecule is CC1(C)Cc2cccc(OCC(=O)N3CCSC3=NCCc3ccccc3)c2O1. The van der Waals surface area contributed by atoms with Crippen molar-refractivity contribution in [2.75, 3.05) is 25.4 Å². The molecule has 1 saturated heterocycles. The van der Waals surface area contributed by atoms with Crippen LogP contribution >= 0.6 is 11.8 Å². The first-order valence-corrected chi connectivity index (χ1v) is 11.0. The Morgan fingerprint density at radius 1 is 1.21 bits per heavy atom. The van der Waals surface area contributed by atoms with Gasteiger partial charge in [0.25, 0.3) is 5.91 Å². The summed E-state index contributed by atoms with van der Waals surface area (Å²) < 4.78 is 11.9. The fraction of sp³-hybridized carbons (Fsp3) is 0.391. The normalized spacial score (nSPS) is 18.6. The van der Waals surface area contributed by atoms with Crippen molar-refractivity contribution in [3.8, 4) is 11.5 Å². The number of thioether (sulfide) groups is 1. The number of fused-ring (bicyclic) bond motifs is 1. The highest BCUT2D eigenvalue weighted by molar-refractivity contribution is 8.14. The van der Waals surface area contributed by atoms with E-state index in [0.29, 0.717) is 18.8 Å². The van der Waals surface area contributed by atoms with Crippen LogP contribution in [0.15, 0.2) is 53.5 Å². The van der Waals surface area contributed by atoms with Crippen LogP contribution in [-0.4, -0.2) is 47.0 Å². The molecule has 2 aliphatic heterocycles. The number of hydrogen-bond donors (Lipinski definition) is 0. The van der Waals surface area contributed by atoms with Crippen LogP contribution < -0.4 is 9.47 Å². The van der Waals surface area contributed by atoms with Crippen LogP contribution in [0, 0.1) is 0 Å². The molecule has 0 unspecified atom stereocenters. The Balaban J connectivity index is 1.35. The van der Waals surface area contributed by atoms with Gasteiger partial charge in [-0.15, -0.1) is 0 Å². The summed E-state index contributed by atoms with van der Waals surface area (Å²) in [6, 6.07) is 16.1. The van der Waals surface area contributed by atoms with E-state index in [2.05, 4.69) is 31.0 Å². The predicted octanol–water partition coefficient (Wildman–Crippen LogP) is 3.95. The van der Waals surface area contributed by atoms with Gasteiger partial charge in [0.2, 0.25) is 0 Å². The van der Waals surface area contributed by atoms with Crippen LogP contribution in [0.5, 0.6) is 11.5 Å².